The van der Waals surface area contributed by atoms with Crippen LogP contribution in [-0.2, 0) is 4.79 Å². The summed E-state index contributed by atoms with van der Waals surface area (Å²) in [5.74, 6) is -0.298. The quantitative estimate of drug-likeness (QED) is 0.641. The minimum atomic E-state index is -0.990. The molecular formula is C10H21NO3S. The van der Waals surface area contributed by atoms with Crippen molar-refractivity contribution in [3.05, 3.63) is 0 Å². The highest BCUT2D eigenvalue weighted by molar-refractivity contribution is 8.00. The molecule has 0 aliphatic carbocycles. The molecule has 1 atom stereocenters. The zero-order valence-corrected chi connectivity index (χ0v) is 10.6. The summed E-state index contributed by atoms with van der Waals surface area (Å²) in [4.78, 5) is 10.7. The molecule has 0 radical (unpaired) electrons. The number of carboxylic acids is 1. The molecule has 0 aromatic heterocycles. The SMILES string of the molecule is CC(C)(O)CCSC(C)(C)[C@H](N)C(=O)O. The Morgan fingerprint density at radius 3 is 2.20 bits per heavy atom. The third-order valence-electron chi connectivity index (χ3n) is 2.20. The predicted molar refractivity (Wildman–Crippen MR) is 63.1 cm³/mol. The number of aliphatic hydroxyl groups is 1. The molecule has 4 nitrogen and oxygen atoms in total. The summed E-state index contributed by atoms with van der Waals surface area (Å²) in [5, 5.41) is 18.3. The minimum absolute atomic E-state index is 0.517. The van der Waals surface area contributed by atoms with Crippen LogP contribution in [-0.4, -0.2) is 38.3 Å². The molecular weight excluding hydrogens is 214 g/mol. The van der Waals surface area contributed by atoms with Gasteiger partial charge in [-0.25, -0.2) is 0 Å². The standard InChI is InChI=1S/C10H21NO3S/c1-9(2,14)5-6-15-10(3,4)7(11)8(12)13/h7,14H,5-6,11H2,1-4H3,(H,12,13)/t7-/m1/s1. The van der Waals surface area contributed by atoms with Crippen LogP contribution in [0.15, 0.2) is 0 Å². The Hall–Kier alpha value is -0.260. The molecule has 0 bridgehead atoms. The normalized spacial score (nSPS) is 15.1. The molecule has 4 N–H and O–H groups in total. The Balaban J connectivity index is 4.10. The van der Waals surface area contributed by atoms with Gasteiger partial charge in [0.2, 0.25) is 0 Å². The Kier molecular flexibility index (Phi) is 5.09. The Morgan fingerprint density at radius 2 is 1.87 bits per heavy atom. The number of thioether (sulfide) groups is 1. The summed E-state index contributed by atoms with van der Waals surface area (Å²) < 4.78 is -0.517. The summed E-state index contributed by atoms with van der Waals surface area (Å²) in [6.07, 6.45) is 0.618. The second-order valence-corrected chi connectivity index (χ2v) is 6.58. The van der Waals surface area contributed by atoms with E-state index in [0.29, 0.717) is 12.2 Å². The number of hydrogen-bond acceptors (Lipinski definition) is 4. The lowest BCUT2D eigenvalue weighted by molar-refractivity contribution is -0.139. The molecule has 5 heteroatoms. The molecule has 90 valence electrons. The Labute approximate surface area is 95.2 Å². The molecule has 0 aliphatic heterocycles. The van der Waals surface area contributed by atoms with Gasteiger partial charge in [0.15, 0.2) is 0 Å². The highest BCUT2D eigenvalue weighted by Crippen LogP contribution is 2.29. The van der Waals surface area contributed by atoms with E-state index in [1.165, 1.54) is 11.8 Å². The Morgan fingerprint density at radius 1 is 1.40 bits per heavy atom. The van der Waals surface area contributed by atoms with E-state index in [-0.39, 0.29) is 0 Å². The molecule has 0 fully saturated rings. The maximum Gasteiger partial charge on any atom is 0.321 e. The van der Waals surface area contributed by atoms with Gasteiger partial charge in [0.05, 0.1) is 5.60 Å². The average Bonchev–Trinajstić information content (AvgIpc) is 1.99. The summed E-state index contributed by atoms with van der Waals surface area (Å²) in [5.41, 5.74) is 4.85. The second kappa shape index (κ2) is 5.18. The lowest BCUT2D eigenvalue weighted by atomic mass is 10.1. The van der Waals surface area contributed by atoms with Crippen LogP contribution in [0.2, 0.25) is 0 Å². The van der Waals surface area contributed by atoms with Crippen molar-refractivity contribution in [1.29, 1.82) is 0 Å². The second-order valence-electron chi connectivity index (χ2n) is 4.83. The van der Waals surface area contributed by atoms with Crippen LogP contribution in [0.1, 0.15) is 34.1 Å². The first kappa shape index (κ1) is 14.7. The summed E-state index contributed by atoms with van der Waals surface area (Å²) in [7, 11) is 0. The van der Waals surface area contributed by atoms with E-state index < -0.39 is 22.4 Å². The molecule has 0 heterocycles. The van der Waals surface area contributed by atoms with E-state index in [9.17, 15) is 9.90 Å². The van der Waals surface area contributed by atoms with Gasteiger partial charge in [-0.2, -0.15) is 11.8 Å². The topological polar surface area (TPSA) is 83.5 Å². The molecule has 0 amide bonds. The molecule has 0 spiro atoms. The Bertz CT molecular complexity index is 223. The van der Waals surface area contributed by atoms with Crippen molar-refractivity contribution in [3.8, 4) is 0 Å². The number of carbonyl (C=O) groups is 1. The van der Waals surface area contributed by atoms with Gasteiger partial charge in [-0.15, -0.1) is 0 Å². The third kappa shape index (κ3) is 6.02. The van der Waals surface area contributed by atoms with Crippen molar-refractivity contribution in [3.63, 3.8) is 0 Å². The van der Waals surface area contributed by atoms with Gasteiger partial charge in [-0.05, 0) is 39.9 Å². The van der Waals surface area contributed by atoms with Crippen LogP contribution in [0, 0.1) is 0 Å². The first-order chi connectivity index (χ1) is 6.56. The highest BCUT2D eigenvalue weighted by Gasteiger charge is 2.32. The lowest BCUT2D eigenvalue weighted by Crippen LogP contribution is -2.47. The van der Waals surface area contributed by atoms with Crippen LogP contribution >= 0.6 is 11.8 Å². The van der Waals surface area contributed by atoms with Crippen LogP contribution in [0.4, 0.5) is 0 Å². The molecule has 0 aromatic rings. The number of carboxylic acid groups (broad SMARTS) is 1. The fourth-order valence-corrected chi connectivity index (χ4v) is 2.36. The molecule has 0 aromatic carbocycles. The molecule has 0 saturated heterocycles. The molecule has 0 saturated carbocycles. The highest BCUT2D eigenvalue weighted by atomic mass is 32.2. The zero-order chi connectivity index (χ0) is 12.3. The van der Waals surface area contributed by atoms with Gasteiger partial charge in [0.1, 0.15) is 6.04 Å². The van der Waals surface area contributed by atoms with Crippen LogP contribution in [0.5, 0.6) is 0 Å². The van der Waals surface area contributed by atoms with Gasteiger partial charge in [-0.1, -0.05) is 0 Å². The molecule has 0 rings (SSSR count). The lowest BCUT2D eigenvalue weighted by Gasteiger charge is -2.29. The largest absolute Gasteiger partial charge is 0.480 e. The number of rotatable bonds is 6. The van der Waals surface area contributed by atoms with Gasteiger partial charge in [0, 0.05) is 4.75 Å². The third-order valence-corrected chi connectivity index (χ3v) is 3.61. The zero-order valence-electron chi connectivity index (χ0n) is 9.78. The predicted octanol–water partition coefficient (Wildman–Crippen LogP) is 1.07. The van der Waals surface area contributed by atoms with Gasteiger partial charge >= 0.3 is 5.97 Å². The average molecular weight is 235 g/mol. The van der Waals surface area contributed by atoms with Crippen molar-refractivity contribution in [1.82, 2.24) is 0 Å². The number of aliphatic carboxylic acids is 1. The fraction of sp³-hybridized carbons (Fsp3) is 0.900. The smallest absolute Gasteiger partial charge is 0.321 e. The minimum Gasteiger partial charge on any atom is -0.480 e. The van der Waals surface area contributed by atoms with E-state index in [1.807, 2.05) is 0 Å². The van der Waals surface area contributed by atoms with Crippen LogP contribution in [0.3, 0.4) is 0 Å². The first-order valence-corrected chi connectivity index (χ1v) is 5.89. The van der Waals surface area contributed by atoms with E-state index in [1.54, 1.807) is 27.7 Å². The van der Waals surface area contributed by atoms with E-state index in [0.717, 1.165) is 0 Å². The summed E-state index contributed by atoms with van der Waals surface area (Å²) in [6, 6.07) is -0.885. The fourth-order valence-electron chi connectivity index (χ4n) is 0.951. The van der Waals surface area contributed by atoms with Crippen molar-refractivity contribution < 1.29 is 15.0 Å². The van der Waals surface area contributed by atoms with Crippen LogP contribution < -0.4 is 5.73 Å². The van der Waals surface area contributed by atoms with E-state index >= 15 is 0 Å². The van der Waals surface area contributed by atoms with E-state index in [4.69, 9.17) is 10.8 Å². The monoisotopic (exact) mass is 235 g/mol. The number of hydrogen-bond donors (Lipinski definition) is 3. The summed E-state index contributed by atoms with van der Waals surface area (Å²) >= 11 is 1.48. The summed E-state index contributed by atoms with van der Waals surface area (Å²) in [6.45, 7) is 7.08. The van der Waals surface area contributed by atoms with Crippen molar-refractivity contribution in [2.24, 2.45) is 5.73 Å². The number of nitrogens with two attached hydrogens (primary N) is 1. The van der Waals surface area contributed by atoms with Crippen molar-refractivity contribution in [2.45, 2.75) is 50.5 Å². The molecule has 0 aliphatic rings. The van der Waals surface area contributed by atoms with Crippen molar-refractivity contribution in [2.75, 3.05) is 5.75 Å². The maximum atomic E-state index is 10.7. The van der Waals surface area contributed by atoms with Gasteiger partial charge in [0.25, 0.3) is 0 Å². The van der Waals surface area contributed by atoms with Crippen molar-refractivity contribution >= 4 is 17.7 Å². The van der Waals surface area contributed by atoms with Gasteiger partial charge < -0.3 is 15.9 Å². The van der Waals surface area contributed by atoms with Gasteiger partial charge in [-0.3, -0.25) is 4.79 Å². The first-order valence-electron chi connectivity index (χ1n) is 4.91. The van der Waals surface area contributed by atoms with E-state index in [2.05, 4.69) is 0 Å². The maximum absolute atomic E-state index is 10.7. The molecule has 0 unspecified atom stereocenters. The van der Waals surface area contributed by atoms with Crippen LogP contribution in [0.25, 0.3) is 0 Å². The molecule has 15 heavy (non-hydrogen) atoms.